The van der Waals surface area contributed by atoms with Gasteiger partial charge in [-0.05, 0) is 24.3 Å². The summed E-state index contributed by atoms with van der Waals surface area (Å²) in [6.45, 7) is 14.3. The number of hydrogen-bond acceptors (Lipinski definition) is 16. The molecule has 3 aromatic rings. The Labute approximate surface area is 348 Å². The van der Waals surface area contributed by atoms with Crippen LogP contribution < -0.4 is 4.90 Å². The Bertz CT molecular complexity index is 1500. The molecule has 1 aliphatic heterocycles. The largest absolute Gasteiger partial charge is 0.382 e. The Morgan fingerprint density at radius 3 is 1.29 bits per heavy atom. The quantitative estimate of drug-likeness (QED) is 0.0616. The zero-order valence-electron chi connectivity index (χ0n) is 34.9. The average Bonchev–Trinajstić information content (AvgIpc) is 3.27. The number of carbonyl (C=O) groups is 1. The number of aromatic nitrogens is 2. The fourth-order valence-corrected chi connectivity index (χ4v) is 5.98. The Hall–Kier alpha value is -3.17. The predicted octanol–water partition coefficient (Wildman–Crippen LogP) is 2.65. The van der Waals surface area contributed by atoms with Gasteiger partial charge in [0.2, 0.25) is 5.91 Å². The molecule has 1 aliphatic rings. The molecule has 1 aromatic carbocycles. The maximum atomic E-state index is 12.8. The lowest BCUT2D eigenvalue weighted by Crippen LogP contribution is -2.49. The van der Waals surface area contributed by atoms with Crippen molar-refractivity contribution >= 4 is 33.4 Å². The van der Waals surface area contributed by atoms with E-state index in [0.717, 1.165) is 40.6 Å². The zero-order chi connectivity index (χ0) is 41.3. The van der Waals surface area contributed by atoms with E-state index in [1.54, 1.807) is 19.5 Å². The number of rotatable bonds is 37. The van der Waals surface area contributed by atoms with Gasteiger partial charge < -0.3 is 66.6 Å². The van der Waals surface area contributed by atoms with Crippen LogP contribution in [0.1, 0.15) is 6.42 Å². The first-order valence-corrected chi connectivity index (χ1v) is 20.8. The number of carbonyl (C=O) groups excluding carboxylic acids is 1. The van der Waals surface area contributed by atoms with Crippen molar-refractivity contribution in [3.8, 4) is 0 Å². The van der Waals surface area contributed by atoms with Crippen LogP contribution in [-0.4, -0.2) is 206 Å². The van der Waals surface area contributed by atoms with Gasteiger partial charge in [-0.2, -0.15) is 0 Å². The van der Waals surface area contributed by atoms with Crippen LogP contribution in [0.25, 0.3) is 21.8 Å². The SMILES string of the molecule is COCCOCCOCCOCCOCCOCCOCCOCCOCCOCCOCCOCCC(=O)N1CCN(c2cc3cccnc3c3ncccc23)CC1. The van der Waals surface area contributed by atoms with Gasteiger partial charge in [0.25, 0.3) is 0 Å². The summed E-state index contributed by atoms with van der Waals surface area (Å²) in [5, 5.41) is 2.15. The molecular formula is C42H66N4O13. The molecule has 0 bridgehead atoms. The van der Waals surface area contributed by atoms with Crippen LogP contribution >= 0.6 is 0 Å². The lowest BCUT2D eigenvalue weighted by Gasteiger charge is -2.36. The van der Waals surface area contributed by atoms with Crippen LogP contribution in [0, 0.1) is 0 Å². The number of nitrogens with zero attached hydrogens (tertiary/aromatic N) is 4. The van der Waals surface area contributed by atoms with Crippen LogP contribution in [0.3, 0.4) is 0 Å². The van der Waals surface area contributed by atoms with E-state index in [4.69, 9.17) is 56.8 Å². The fourth-order valence-electron chi connectivity index (χ4n) is 5.98. The first-order chi connectivity index (χ1) is 29.3. The van der Waals surface area contributed by atoms with E-state index >= 15 is 0 Å². The van der Waals surface area contributed by atoms with Gasteiger partial charge in [0.05, 0.1) is 169 Å². The third-order valence-electron chi connectivity index (χ3n) is 9.02. The van der Waals surface area contributed by atoms with Gasteiger partial charge in [-0.3, -0.25) is 14.8 Å². The molecule has 17 heteroatoms. The Morgan fingerprint density at radius 1 is 0.492 bits per heavy atom. The summed E-state index contributed by atoms with van der Waals surface area (Å²) in [6.07, 6.45) is 3.96. The molecular weight excluding hydrogens is 768 g/mol. The number of hydrogen-bond donors (Lipinski definition) is 0. The molecule has 332 valence electrons. The summed E-state index contributed by atoms with van der Waals surface area (Å²) in [6, 6.07) is 10.2. The van der Waals surface area contributed by atoms with E-state index in [0.29, 0.717) is 171 Å². The molecule has 17 nitrogen and oxygen atoms in total. The summed E-state index contributed by atoms with van der Waals surface area (Å²) in [7, 11) is 1.64. The number of pyridine rings is 2. The number of fused-ring (bicyclic) bond motifs is 3. The molecule has 1 saturated heterocycles. The third-order valence-corrected chi connectivity index (χ3v) is 9.02. The van der Waals surface area contributed by atoms with Crippen molar-refractivity contribution in [2.24, 2.45) is 0 Å². The van der Waals surface area contributed by atoms with Crippen LogP contribution in [0.15, 0.2) is 42.7 Å². The van der Waals surface area contributed by atoms with Crippen molar-refractivity contribution in [1.82, 2.24) is 14.9 Å². The molecule has 1 fully saturated rings. The minimum atomic E-state index is 0.112. The standard InChI is InChI=1S/C42H66N4O13/c1-48-14-15-50-18-19-52-22-23-54-26-27-56-30-31-58-34-35-59-33-32-57-29-28-55-25-24-53-21-20-51-17-16-49-13-6-40(47)46-11-9-45(10-12-46)39-36-37-4-2-7-43-41(37)42-38(39)5-3-8-44-42/h2-5,7-8,36H,6,9-35H2,1H3. The predicted molar refractivity (Wildman–Crippen MR) is 221 cm³/mol. The van der Waals surface area contributed by atoms with Crippen LogP contribution in [0.4, 0.5) is 5.69 Å². The van der Waals surface area contributed by atoms with Gasteiger partial charge in [0.1, 0.15) is 0 Å². The van der Waals surface area contributed by atoms with Gasteiger partial charge >= 0.3 is 0 Å². The highest BCUT2D eigenvalue weighted by atomic mass is 16.6. The molecule has 0 atom stereocenters. The van der Waals surface area contributed by atoms with Crippen molar-refractivity contribution in [3.63, 3.8) is 0 Å². The van der Waals surface area contributed by atoms with Crippen LogP contribution in [-0.2, 0) is 61.6 Å². The highest BCUT2D eigenvalue weighted by Gasteiger charge is 2.23. The summed E-state index contributed by atoms with van der Waals surface area (Å²) in [5.74, 6) is 0.112. The van der Waals surface area contributed by atoms with Gasteiger partial charge in [-0.15, -0.1) is 0 Å². The molecule has 3 heterocycles. The molecule has 2 aromatic heterocycles. The van der Waals surface area contributed by atoms with Gasteiger partial charge in [0, 0.05) is 62.1 Å². The summed E-state index contributed by atoms with van der Waals surface area (Å²) in [4.78, 5) is 26.3. The highest BCUT2D eigenvalue weighted by molar-refractivity contribution is 6.09. The fraction of sp³-hybridized carbons (Fsp3) is 0.690. The second-order valence-corrected chi connectivity index (χ2v) is 13.2. The molecule has 59 heavy (non-hydrogen) atoms. The van der Waals surface area contributed by atoms with Gasteiger partial charge in [-0.1, -0.05) is 6.07 Å². The summed E-state index contributed by atoms with van der Waals surface area (Å²) < 4.78 is 65.4. The van der Waals surface area contributed by atoms with E-state index in [-0.39, 0.29) is 5.91 Å². The molecule has 0 spiro atoms. The first-order valence-electron chi connectivity index (χ1n) is 20.8. The number of piperazine rings is 1. The second kappa shape index (κ2) is 32.6. The van der Waals surface area contributed by atoms with Crippen LogP contribution in [0.2, 0.25) is 0 Å². The maximum absolute atomic E-state index is 12.8. The first kappa shape index (κ1) is 48.5. The number of ether oxygens (including phenoxy) is 12. The number of amides is 1. The molecule has 1 amide bonds. The topological polar surface area (TPSA) is 160 Å². The zero-order valence-corrected chi connectivity index (χ0v) is 34.9. The normalized spacial score (nSPS) is 13.3. The highest BCUT2D eigenvalue weighted by Crippen LogP contribution is 2.32. The number of benzene rings is 1. The average molecular weight is 835 g/mol. The maximum Gasteiger partial charge on any atom is 0.225 e. The smallest absolute Gasteiger partial charge is 0.225 e. The molecule has 0 radical (unpaired) electrons. The van der Waals surface area contributed by atoms with Crippen molar-refractivity contribution < 1.29 is 61.6 Å². The summed E-state index contributed by atoms with van der Waals surface area (Å²) >= 11 is 0. The third kappa shape index (κ3) is 20.8. The summed E-state index contributed by atoms with van der Waals surface area (Å²) in [5.41, 5.74) is 2.95. The van der Waals surface area contributed by atoms with Crippen LogP contribution in [0.5, 0.6) is 0 Å². The number of anilines is 1. The van der Waals surface area contributed by atoms with E-state index in [2.05, 4.69) is 33.1 Å². The van der Waals surface area contributed by atoms with Gasteiger partial charge in [0.15, 0.2) is 0 Å². The van der Waals surface area contributed by atoms with Crippen molar-refractivity contribution in [2.45, 2.75) is 6.42 Å². The molecule has 0 saturated carbocycles. The molecule has 0 unspecified atom stereocenters. The Kier molecular flexibility index (Phi) is 26.8. The van der Waals surface area contributed by atoms with E-state index in [9.17, 15) is 4.79 Å². The van der Waals surface area contributed by atoms with Crippen molar-refractivity contribution in [3.05, 3.63) is 42.7 Å². The Morgan fingerprint density at radius 2 is 0.864 bits per heavy atom. The van der Waals surface area contributed by atoms with Crippen molar-refractivity contribution in [2.75, 3.05) is 190 Å². The monoisotopic (exact) mass is 834 g/mol. The number of methoxy groups -OCH3 is 1. The van der Waals surface area contributed by atoms with E-state index in [1.807, 2.05) is 17.0 Å². The lowest BCUT2D eigenvalue weighted by atomic mass is 10.1. The Balaban J connectivity index is 0.822. The molecule has 0 aliphatic carbocycles. The minimum absolute atomic E-state index is 0.112. The lowest BCUT2D eigenvalue weighted by molar-refractivity contribution is -0.132. The molecule has 4 rings (SSSR count). The van der Waals surface area contributed by atoms with E-state index < -0.39 is 0 Å². The second-order valence-electron chi connectivity index (χ2n) is 13.2. The van der Waals surface area contributed by atoms with E-state index in [1.165, 1.54) is 0 Å². The van der Waals surface area contributed by atoms with Gasteiger partial charge in [-0.25, -0.2) is 0 Å². The molecule has 0 N–H and O–H groups in total. The minimum Gasteiger partial charge on any atom is -0.382 e. The van der Waals surface area contributed by atoms with Crippen molar-refractivity contribution in [1.29, 1.82) is 0 Å².